The van der Waals surface area contributed by atoms with Crippen LogP contribution in [0.1, 0.15) is 5.56 Å². The van der Waals surface area contributed by atoms with Gasteiger partial charge in [-0.25, -0.2) is 4.98 Å². The summed E-state index contributed by atoms with van der Waals surface area (Å²) in [6.45, 7) is 2.08. The number of nitrogens with zero attached hydrogens (tertiary/aromatic N) is 2. The van der Waals surface area contributed by atoms with Crippen molar-refractivity contribution in [1.29, 1.82) is 0 Å². The van der Waals surface area contributed by atoms with Gasteiger partial charge in [-0.2, -0.15) is 0 Å². The van der Waals surface area contributed by atoms with Gasteiger partial charge in [0.15, 0.2) is 11.5 Å². The molecule has 0 fully saturated rings. The fraction of sp³-hybridized carbons (Fsp3) is 0.353. The van der Waals surface area contributed by atoms with Crippen LogP contribution >= 0.6 is 0 Å². The second-order valence-electron chi connectivity index (χ2n) is 5.55. The number of pyridine rings is 1. The minimum absolute atomic E-state index is 0.0314. The summed E-state index contributed by atoms with van der Waals surface area (Å²) >= 11 is 0. The van der Waals surface area contributed by atoms with Gasteiger partial charge in [0.05, 0.1) is 0 Å². The quantitative estimate of drug-likeness (QED) is 0.916. The summed E-state index contributed by atoms with van der Waals surface area (Å²) < 4.78 is 11.6. The van der Waals surface area contributed by atoms with E-state index in [1.807, 2.05) is 55.5 Å². The number of benzene rings is 1. The van der Waals surface area contributed by atoms with Crippen LogP contribution in [-0.2, 0) is 6.54 Å². The first kappa shape index (κ1) is 14.7. The van der Waals surface area contributed by atoms with Crippen molar-refractivity contribution in [1.82, 2.24) is 10.3 Å². The third-order valence-electron chi connectivity index (χ3n) is 3.54. The zero-order valence-electron chi connectivity index (χ0n) is 13.0. The molecule has 0 spiro atoms. The van der Waals surface area contributed by atoms with Gasteiger partial charge in [0.1, 0.15) is 18.5 Å². The predicted molar refractivity (Wildman–Crippen MR) is 86.6 cm³/mol. The lowest BCUT2D eigenvalue weighted by atomic mass is 10.2. The third kappa shape index (κ3) is 3.49. The van der Waals surface area contributed by atoms with E-state index in [4.69, 9.17) is 9.47 Å². The minimum atomic E-state index is 0.0314. The normalized spacial score (nSPS) is 16.4. The number of rotatable bonds is 5. The highest BCUT2D eigenvalue weighted by Gasteiger charge is 2.19. The van der Waals surface area contributed by atoms with E-state index in [1.54, 1.807) is 0 Å². The Morgan fingerprint density at radius 1 is 1.18 bits per heavy atom. The van der Waals surface area contributed by atoms with Gasteiger partial charge >= 0.3 is 0 Å². The van der Waals surface area contributed by atoms with Crippen molar-refractivity contribution in [3.05, 3.63) is 48.2 Å². The van der Waals surface area contributed by atoms with E-state index in [2.05, 4.69) is 16.4 Å². The lowest BCUT2D eigenvalue weighted by Gasteiger charge is -2.26. The molecule has 1 aromatic carbocycles. The van der Waals surface area contributed by atoms with Crippen molar-refractivity contribution in [3.8, 4) is 11.5 Å². The molecular weight excluding hydrogens is 278 g/mol. The zero-order chi connectivity index (χ0) is 15.4. The molecule has 1 aliphatic rings. The molecule has 2 aromatic rings. The van der Waals surface area contributed by atoms with Crippen LogP contribution < -0.4 is 19.7 Å². The molecular formula is C17H21N3O2. The maximum absolute atomic E-state index is 5.91. The minimum Gasteiger partial charge on any atom is -0.486 e. The van der Waals surface area contributed by atoms with E-state index in [0.29, 0.717) is 6.61 Å². The van der Waals surface area contributed by atoms with Crippen LogP contribution in [-0.4, -0.2) is 38.3 Å². The van der Waals surface area contributed by atoms with E-state index >= 15 is 0 Å². The standard InChI is InChI=1S/C17H21N3O2/c1-20(2)17-8-7-13(10-19-17)9-18-11-14-12-21-15-5-3-4-6-16(15)22-14/h3-8,10,14,18H,9,11-12H2,1-2H3/t14-/m0/s1. The molecule has 116 valence electrons. The molecule has 3 rings (SSSR count). The number of anilines is 1. The van der Waals surface area contributed by atoms with Crippen molar-refractivity contribution in [2.75, 3.05) is 32.1 Å². The van der Waals surface area contributed by atoms with Crippen LogP contribution in [0.5, 0.6) is 11.5 Å². The highest BCUT2D eigenvalue weighted by atomic mass is 16.6. The molecule has 2 heterocycles. The van der Waals surface area contributed by atoms with Crippen LogP contribution in [0.15, 0.2) is 42.6 Å². The summed E-state index contributed by atoms with van der Waals surface area (Å²) in [5.74, 6) is 2.60. The fourth-order valence-electron chi connectivity index (χ4n) is 2.33. The van der Waals surface area contributed by atoms with Crippen molar-refractivity contribution in [2.45, 2.75) is 12.6 Å². The molecule has 1 aliphatic heterocycles. The van der Waals surface area contributed by atoms with Crippen LogP contribution in [0, 0.1) is 0 Å². The summed E-state index contributed by atoms with van der Waals surface area (Å²) in [7, 11) is 3.97. The molecule has 0 saturated heterocycles. The molecule has 0 unspecified atom stereocenters. The Kier molecular flexibility index (Phi) is 4.44. The van der Waals surface area contributed by atoms with E-state index in [9.17, 15) is 0 Å². The molecule has 22 heavy (non-hydrogen) atoms. The predicted octanol–water partition coefficient (Wildman–Crippen LogP) is 2.08. The van der Waals surface area contributed by atoms with Gasteiger partial charge in [-0.3, -0.25) is 0 Å². The van der Waals surface area contributed by atoms with E-state index < -0.39 is 0 Å². The molecule has 1 aromatic heterocycles. The number of para-hydroxylation sites is 2. The Morgan fingerprint density at radius 2 is 2.00 bits per heavy atom. The smallest absolute Gasteiger partial charge is 0.161 e. The Bertz CT molecular complexity index is 614. The molecule has 5 nitrogen and oxygen atoms in total. The van der Waals surface area contributed by atoms with Gasteiger partial charge < -0.3 is 19.7 Å². The van der Waals surface area contributed by atoms with Crippen LogP contribution in [0.2, 0.25) is 0 Å². The van der Waals surface area contributed by atoms with Gasteiger partial charge in [0.2, 0.25) is 0 Å². The number of hydrogen-bond donors (Lipinski definition) is 1. The number of ether oxygens (including phenoxy) is 2. The van der Waals surface area contributed by atoms with Crippen molar-refractivity contribution in [2.24, 2.45) is 0 Å². The first-order valence-corrected chi connectivity index (χ1v) is 7.44. The summed E-state index contributed by atoms with van der Waals surface area (Å²) in [6, 6.07) is 11.9. The maximum Gasteiger partial charge on any atom is 0.161 e. The van der Waals surface area contributed by atoms with Crippen LogP contribution in [0.4, 0.5) is 5.82 Å². The average molecular weight is 299 g/mol. The maximum atomic E-state index is 5.91. The lowest BCUT2D eigenvalue weighted by Crippen LogP contribution is -2.38. The molecule has 0 amide bonds. The van der Waals surface area contributed by atoms with E-state index in [-0.39, 0.29) is 6.10 Å². The van der Waals surface area contributed by atoms with Crippen molar-refractivity contribution >= 4 is 5.82 Å². The van der Waals surface area contributed by atoms with E-state index in [1.165, 1.54) is 0 Å². The van der Waals surface area contributed by atoms with Gasteiger partial charge in [0.25, 0.3) is 0 Å². The third-order valence-corrected chi connectivity index (χ3v) is 3.54. The monoisotopic (exact) mass is 299 g/mol. The second-order valence-corrected chi connectivity index (χ2v) is 5.55. The Morgan fingerprint density at radius 3 is 2.73 bits per heavy atom. The first-order valence-electron chi connectivity index (χ1n) is 7.44. The summed E-state index contributed by atoms with van der Waals surface area (Å²) in [5.41, 5.74) is 1.16. The van der Waals surface area contributed by atoms with Gasteiger partial charge in [-0.15, -0.1) is 0 Å². The molecule has 0 radical (unpaired) electrons. The Hall–Kier alpha value is -2.27. The summed E-state index contributed by atoms with van der Waals surface area (Å²) in [5, 5.41) is 3.39. The Labute approximate surface area is 130 Å². The molecule has 0 saturated carbocycles. The second kappa shape index (κ2) is 6.66. The molecule has 0 bridgehead atoms. The van der Waals surface area contributed by atoms with Gasteiger partial charge in [-0.05, 0) is 23.8 Å². The highest BCUT2D eigenvalue weighted by molar-refractivity contribution is 5.40. The summed E-state index contributed by atoms with van der Waals surface area (Å²) in [6.07, 6.45) is 1.93. The lowest BCUT2D eigenvalue weighted by molar-refractivity contribution is 0.0902. The number of hydrogen-bond acceptors (Lipinski definition) is 5. The van der Waals surface area contributed by atoms with E-state index in [0.717, 1.165) is 36.0 Å². The Balaban J connectivity index is 1.48. The largest absolute Gasteiger partial charge is 0.486 e. The topological polar surface area (TPSA) is 46.6 Å². The molecule has 1 atom stereocenters. The average Bonchev–Trinajstić information content (AvgIpc) is 2.55. The van der Waals surface area contributed by atoms with Crippen molar-refractivity contribution < 1.29 is 9.47 Å². The number of fused-ring (bicyclic) bond motifs is 1. The number of nitrogens with one attached hydrogen (secondary N) is 1. The van der Waals surface area contributed by atoms with Crippen LogP contribution in [0.3, 0.4) is 0 Å². The van der Waals surface area contributed by atoms with Gasteiger partial charge in [-0.1, -0.05) is 18.2 Å². The number of aromatic nitrogens is 1. The SMILES string of the molecule is CN(C)c1ccc(CNC[C@H]2COc3ccccc3O2)cn1. The van der Waals surface area contributed by atoms with Gasteiger partial charge in [0, 0.05) is 33.4 Å². The van der Waals surface area contributed by atoms with Crippen LogP contribution in [0.25, 0.3) is 0 Å². The molecule has 5 heteroatoms. The van der Waals surface area contributed by atoms with Crippen molar-refractivity contribution in [3.63, 3.8) is 0 Å². The fourth-order valence-corrected chi connectivity index (χ4v) is 2.33. The molecule has 1 N–H and O–H groups in total. The highest BCUT2D eigenvalue weighted by Crippen LogP contribution is 2.30. The molecule has 0 aliphatic carbocycles. The zero-order valence-corrected chi connectivity index (χ0v) is 13.0. The summed E-state index contributed by atoms with van der Waals surface area (Å²) in [4.78, 5) is 6.39. The first-order chi connectivity index (χ1) is 10.7.